The molecule has 0 fully saturated rings. The van der Waals surface area contributed by atoms with E-state index < -0.39 is 0 Å². The zero-order valence-corrected chi connectivity index (χ0v) is 11.0. The molecule has 0 aliphatic carbocycles. The van der Waals surface area contributed by atoms with Gasteiger partial charge in [-0.3, -0.25) is 13.9 Å². The molecule has 0 unspecified atom stereocenters. The number of anilines is 1. The van der Waals surface area contributed by atoms with Gasteiger partial charge in [-0.15, -0.1) is 6.58 Å². The monoisotopic (exact) mass is 261 g/mol. The van der Waals surface area contributed by atoms with Crippen LogP contribution in [0.15, 0.2) is 22.2 Å². The van der Waals surface area contributed by atoms with Crippen LogP contribution in [0.4, 0.5) is 5.95 Å². The Bertz CT molecular complexity index is 795. The summed E-state index contributed by atoms with van der Waals surface area (Å²) in [6.45, 7) is 5.90. The molecule has 7 nitrogen and oxygen atoms in total. The number of aryl methyl sites for hydroxylation is 1. The van der Waals surface area contributed by atoms with Crippen LogP contribution in [-0.2, 0) is 20.6 Å². The summed E-state index contributed by atoms with van der Waals surface area (Å²) in [5.41, 5.74) is 0.282. The molecule has 0 saturated carbocycles. The van der Waals surface area contributed by atoms with Crippen molar-refractivity contribution >= 4 is 17.1 Å². The van der Waals surface area contributed by atoms with E-state index in [1.54, 1.807) is 13.1 Å². The van der Waals surface area contributed by atoms with Crippen molar-refractivity contribution in [1.29, 1.82) is 0 Å². The molecule has 2 aromatic rings. The molecule has 0 bridgehead atoms. The Balaban J connectivity index is 2.40. The van der Waals surface area contributed by atoms with E-state index in [0.29, 0.717) is 24.3 Å². The van der Waals surface area contributed by atoms with Crippen LogP contribution in [-0.4, -0.2) is 31.8 Å². The number of imidazole rings is 1. The van der Waals surface area contributed by atoms with E-state index in [0.717, 1.165) is 17.1 Å². The number of nitrogens with zero attached hydrogens (tertiary/aromatic N) is 5. The van der Waals surface area contributed by atoms with E-state index >= 15 is 0 Å². The van der Waals surface area contributed by atoms with Crippen molar-refractivity contribution in [2.45, 2.75) is 6.54 Å². The summed E-state index contributed by atoms with van der Waals surface area (Å²) >= 11 is 0. The Hall–Kier alpha value is -2.31. The minimum Gasteiger partial charge on any atom is -0.337 e. The molecule has 0 radical (unpaired) electrons. The van der Waals surface area contributed by atoms with E-state index in [9.17, 15) is 9.59 Å². The number of fused-ring (bicyclic) bond motifs is 3. The lowest BCUT2D eigenvalue weighted by Gasteiger charge is -2.11. The molecule has 1 aliphatic heterocycles. The average molecular weight is 261 g/mol. The Morgan fingerprint density at radius 3 is 2.68 bits per heavy atom. The fourth-order valence-electron chi connectivity index (χ4n) is 2.54. The van der Waals surface area contributed by atoms with Crippen LogP contribution >= 0.6 is 0 Å². The summed E-state index contributed by atoms with van der Waals surface area (Å²) in [6.07, 6.45) is 1.80. The molecule has 0 aromatic carbocycles. The van der Waals surface area contributed by atoms with Gasteiger partial charge in [-0.2, -0.15) is 4.98 Å². The normalized spacial score (nSPS) is 14.1. The second-order valence-corrected chi connectivity index (χ2v) is 4.68. The van der Waals surface area contributed by atoms with Gasteiger partial charge in [0.15, 0.2) is 11.2 Å². The van der Waals surface area contributed by atoms with Gasteiger partial charge in [0.05, 0.1) is 0 Å². The number of rotatable bonds is 2. The van der Waals surface area contributed by atoms with Gasteiger partial charge in [-0.05, 0) is 0 Å². The molecule has 3 rings (SSSR count). The van der Waals surface area contributed by atoms with Gasteiger partial charge in [0.2, 0.25) is 5.95 Å². The second kappa shape index (κ2) is 3.84. The molecule has 0 amide bonds. The number of hydrogen-bond donors (Lipinski definition) is 0. The van der Waals surface area contributed by atoms with Crippen molar-refractivity contribution in [2.24, 2.45) is 14.1 Å². The Morgan fingerprint density at radius 2 is 2.00 bits per heavy atom. The van der Waals surface area contributed by atoms with Crippen LogP contribution in [0.5, 0.6) is 0 Å². The van der Waals surface area contributed by atoms with Crippen molar-refractivity contribution in [3.8, 4) is 0 Å². The molecule has 3 heterocycles. The largest absolute Gasteiger partial charge is 0.337 e. The van der Waals surface area contributed by atoms with Crippen molar-refractivity contribution < 1.29 is 0 Å². The second-order valence-electron chi connectivity index (χ2n) is 4.68. The summed E-state index contributed by atoms with van der Waals surface area (Å²) in [4.78, 5) is 30.6. The van der Waals surface area contributed by atoms with Gasteiger partial charge in [-0.1, -0.05) is 6.08 Å². The minimum atomic E-state index is -0.357. The van der Waals surface area contributed by atoms with Gasteiger partial charge in [0.1, 0.15) is 0 Å². The Morgan fingerprint density at radius 1 is 1.26 bits per heavy atom. The van der Waals surface area contributed by atoms with Crippen LogP contribution in [0.3, 0.4) is 0 Å². The highest BCUT2D eigenvalue weighted by atomic mass is 16.2. The van der Waals surface area contributed by atoms with Crippen LogP contribution in [0, 0.1) is 0 Å². The number of aromatic nitrogens is 4. The first-order valence-electron chi connectivity index (χ1n) is 6.08. The van der Waals surface area contributed by atoms with Crippen LogP contribution in [0.25, 0.3) is 11.2 Å². The Labute approximate surface area is 109 Å². The molecule has 0 atom stereocenters. The molecule has 7 heteroatoms. The third kappa shape index (κ3) is 1.41. The minimum absolute atomic E-state index is 0.294. The summed E-state index contributed by atoms with van der Waals surface area (Å²) in [5, 5.41) is 0. The van der Waals surface area contributed by atoms with Gasteiger partial charge in [-0.25, -0.2) is 4.79 Å². The lowest BCUT2D eigenvalue weighted by atomic mass is 10.5. The summed E-state index contributed by atoms with van der Waals surface area (Å²) < 4.78 is 4.40. The fourth-order valence-corrected chi connectivity index (χ4v) is 2.54. The first-order valence-corrected chi connectivity index (χ1v) is 6.08. The van der Waals surface area contributed by atoms with E-state index in [2.05, 4.69) is 11.6 Å². The molecule has 1 aliphatic rings. The first kappa shape index (κ1) is 11.8. The van der Waals surface area contributed by atoms with Crippen molar-refractivity contribution in [1.82, 2.24) is 18.7 Å². The summed E-state index contributed by atoms with van der Waals surface area (Å²) in [5.74, 6) is 0.730. The standard InChI is InChI=1S/C12H15N5O2/c1-4-5-16-6-7-17-8-9(13-11(16)17)14(2)12(19)15(3)10(8)18/h4H,1,5-7H2,2-3H3. The Kier molecular flexibility index (Phi) is 2.38. The van der Waals surface area contributed by atoms with Crippen molar-refractivity contribution in [2.75, 3.05) is 18.0 Å². The maximum absolute atomic E-state index is 12.2. The third-order valence-electron chi connectivity index (χ3n) is 3.55. The van der Waals surface area contributed by atoms with Gasteiger partial charge < -0.3 is 9.47 Å². The highest BCUT2D eigenvalue weighted by molar-refractivity contribution is 5.75. The molecule has 0 saturated heterocycles. The third-order valence-corrected chi connectivity index (χ3v) is 3.55. The topological polar surface area (TPSA) is 65.1 Å². The molecular weight excluding hydrogens is 246 g/mol. The van der Waals surface area contributed by atoms with Gasteiger partial charge in [0, 0.05) is 33.7 Å². The average Bonchev–Trinajstić information content (AvgIpc) is 2.94. The predicted molar refractivity (Wildman–Crippen MR) is 72.6 cm³/mol. The van der Waals surface area contributed by atoms with Crippen molar-refractivity contribution in [3.05, 3.63) is 33.5 Å². The molecule has 19 heavy (non-hydrogen) atoms. The molecule has 2 aromatic heterocycles. The van der Waals surface area contributed by atoms with E-state index in [1.807, 2.05) is 9.47 Å². The first-order chi connectivity index (χ1) is 9.06. The SMILES string of the molecule is C=CCN1CCn2c1nc1c2c(=O)n(C)c(=O)n1C. The van der Waals surface area contributed by atoms with Crippen LogP contribution in [0.1, 0.15) is 0 Å². The highest BCUT2D eigenvalue weighted by Crippen LogP contribution is 2.24. The molecule has 0 spiro atoms. The van der Waals surface area contributed by atoms with Crippen molar-refractivity contribution in [3.63, 3.8) is 0 Å². The van der Waals surface area contributed by atoms with E-state index in [-0.39, 0.29) is 11.2 Å². The zero-order chi connectivity index (χ0) is 13.7. The quantitative estimate of drug-likeness (QED) is 0.680. The molecular formula is C12H15N5O2. The number of hydrogen-bond acceptors (Lipinski definition) is 4. The lowest BCUT2D eigenvalue weighted by molar-refractivity contribution is 0.699. The van der Waals surface area contributed by atoms with E-state index in [1.165, 1.54) is 11.6 Å². The van der Waals surface area contributed by atoms with E-state index in [4.69, 9.17) is 0 Å². The maximum Gasteiger partial charge on any atom is 0.332 e. The van der Waals surface area contributed by atoms with Crippen LogP contribution in [0.2, 0.25) is 0 Å². The summed E-state index contributed by atoms with van der Waals surface area (Å²) in [7, 11) is 3.12. The summed E-state index contributed by atoms with van der Waals surface area (Å²) in [6, 6.07) is 0. The maximum atomic E-state index is 12.2. The smallest absolute Gasteiger partial charge is 0.332 e. The van der Waals surface area contributed by atoms with Gasteiger partial charge >= 0.3 is 5.69 Å². The van der Waals surface area contributed by atoms with Crippen LogP contribution < -0.4 is 16.1 Å². The predicted octanol–water partition coefficient (Wildman–Crippen LogP) is -0.560. The zero-order valence-electron chi connectivity index (χ0n) is 11.0. The highest BCUT2D eigenvalue weighted by Gasteiger charge is 2.26. The lowest BCUT2D eigenvalue weighted by Crippen LogP contribution is -2.37. The molecule has 0 N–H and O–H groups in total. The fraction of sp³-hybridized carbons (Fsp3) is 0.417. The molecule has 100 valence electrons. The van der Waals surface area contributed by atoms with Gasteiger partial charge in [0.25, 0.3) is 5.56 Å².